The Kier molecular flexibility index (Phi) is 3.25. The largest absolute Gasteiger partial charge is 0.477 e. The number of aromatic nitrogens is 1. The van der Waals surface area contributed by atoms with Gasteiger partial charge in [0.25, 0.3) is 5.91 Å². The van der Waals surface area contributed by atoms with Crippen molar-refractivity contribution in [1.82, 2.24) is 9.69 Å². The second-order valence-electron chi connectivity index (χ2n) is 3.21. The van der Waals surface area contributed by atoms with Gasteiger partial charge in [-0.1, -0.05) is 0 Å². The zero-order valence-corrected chi connectivity index (χ0v) is 9.09. The molecule has 15 heavy (non-hydrogen) atoms. The van der Waals surface area contributed by atoms with Crippen molar-refractivity contribution >= 4 is 29.1 Å². The van der Waals surface area contributed by atoms with Crippen molar-refractivity contribution < 1.29 is 14.7 Å². The van der Waals surface area contributed by atoms with Crippen molar-refractivity contribution in [2.24, 2.45) is 0 Å². The van der Waals surface area contributed by atoms with Gasteiger partial charge in [0.15, 0.2) is 10.6 Å². The topological polar surface area (TPSA) is 105 Å². The SMILES string of the molecule is CC(C)NC(=O)c1nsc(C(=O)O)c1N. The summed E-state index contributed by atoms with van der Waals surface area (Å²) in [5.41, 5.74) is 5.39. The van der Waals surface area contributed by atoms with Crippen LogP contribution < -0.4 is 11.1 Å². The van der Waals surface area contributed by atoms with Gasteiger partial charge in [-0.3, -0.25) is 4.79 Å². The molecule has 1 aromatic heterocycles. The molecule has 0 unspecified atom stereocenters. The molecule has 0 aliphatic heterocycles. The average molecular weight is 229 g/mol. The van der Waals surface area contributed by atoms with E-state index in [1.165, 1.54) is 0 Å². The van der Waals surface area contributed by atoms with E-state index in [9.17, 15) is 9.59 Å². The Bertz CT molecular complexity index is 400. The molecule has 1 amide bonds. The van der Waals surface area contributed by atoms with Crippen molar-refractivity contribution in [3.63, 3.8) is 0 Å². The second-order valence-corrected chi connectivity index (χ2v) is 3.98. The van der Waals surface area contributed by atoms with Gasteiger partial charge in [0, 0.05) is 6.04 Å². The molecule has 0 aromatic carbocycles. The quantitative estimate of drug-likeness (QED) is 0.702. The van der Waals surface area contributed by atoms with Crippen LogP contribution >= 0.6 is 11.5 Å². The summed E-state index contributed by atoms with van der Waals surface area (Å²) in [6.07, 6.45) is 0. The van der Waals surface area contributed by atoms with E-state index in [4.69, 9.17) is 10.8 Å². The summed E-state index contributed by atoms with van der Waals surface area (Å²) in [5, 5.41) is 11.3. The van der Waals surface area contributed by atoms with Crippen LogP contribution in [0.2, 0.25) is 0 Å². The number of hydrogen-bond donors (Lipinski definition) is 3. The van der Waals surface area contributed by atoms with Gasteiger partial charge in [0.05, 0.1) is 5.69 Å². The lowest BCUT2D eigenvalue weighted by atomic mass is 10.3. The van der Waals surface area contributed by atoms with Crippen LogP contribution in [-0.4, -0.2) is 27.4 Å². The summed E-state index contributed by atoms with van der Waals surface area (Å²) in [4.78, 5) is 22.0. The first-order valence-corrected chi connectivity index (χ1v) is 5.00. The Hall–Kier alpha value is -1.63. The van der Waals surface area contributed by atoms with Crippen LogP contribution in [0.15, 0.2) is 0 Å². The van der Waals surface area contributed by atoms with Gasteiger partial charge in [-0.2, -0.15) is 4.37 Å². The summed E-state index contributed by atoms with van der Waals surface area (Å²) >= 11 is 0.704. The standard InChI is InChI=1S/C8H11N3O3S/c1-3(2)10-7(12)5-4(9)6(8(13)14)15-11-5/h3H,9H2,1-2H3,(H,10,12)(H,13,14). The molecule has 0 saturated carbocycles. The zero-order chi connectivity index (χ0) is 11.6. The lowest BCUT2D eigenvalue weighted by Gasteiger charge is -2.06. The average Bonchev–Trinajstić information content (AvgIpc) is 2.45. The van der Waals surface area contributed by atoms with E-state index >= 15 is 0 Å². The summed E-state index contributed by atoms with van der Waals surface area (Å²) < 4.78 is 3.71. The van der Waals surface area contributed by atoms with Crippen molar-refractivity contribution in [2.45, 2.75) is 19.9 Å². The number of carbonyl (C=O) groups is 2. The Balaban J connectivity index is 2.96. The number of carboxylic acid groups (broad SMARTS) is 1. The number of anilines is 1. The summed E-state index contributed by atoms with van der Waals surface area (Å²) in [5.74, 6) is -1.63. The molecule has 0 bridgehead atoms. The van der Waals surface area contributed by atoms with Gasteiger partial charge < -0.3 is 16.2 Å². The molecule has 0 fully saturated rings. The van der Waals surface area contributed by atoms with E-state index in [1.54, 1.807) is 13.8 Å². The summed E-state index contributed by atoms with van der Waals surface area (Å²) in [6.45, 7) is 3.58. The molecule has 4 N–H and O–H groups in total. The van der Waals surface area contributed by atoms with Crippen molar-refractivity contribution in [1.29, 1.82) is 0 Å². The monoisotopic (exact) mass is 229 g/mol. The lowest BCUT2D eigenvalue weighted by molar-refractivity contribution is 0.0703. The molecule has 0 aliphatic carbocycles. The van der Waals surface area contributed by atoms with Crippen LogP contribution in [0.1, 0.15) is 34.0 Å². The predicted molar refractivity (Wildman–Crippen MR) is 56.1 cm³/mol. The third-order valence-electron chi connectivity index (χ3n) is 1.56. The molecule has 6 nitrogen and oxygen atoms in total. The maximum atomic E-state index is 11.5. The normalized spacial score (nSPS) is 10.3. The molecule has 7 heteroatoms. The number of hydrogen-bond acceptors (Lipinski definition) is 5. The molecule has 0 atom stereocenters. The number of nitrogen functional groups attached to an aromatic ring is 1. The summed E-state index contributed by atoms with van der Waals surface area (Å²) in [6, 6.07) is -0.0492. The highest BCUT2D eigenvalue weighted by Gasteiger charge is 2.21. The molecule has 0 aliphatic rings. The number of nitrogens with two attached hydrogens (primary N) is 1. The minimum Gasteiger partial charge on any atom is -0.477 e. The number of carboxylic acids is 1. The van der Waals surface area contributed by atoms with E-state index in [-0.39, 0.29) is 22.3 Å². The maximum Gasteiger partial charge on any atom is 0.349 e. The molecule has 1 heterocycles. The van der Waals surface area contributed by atoms with E-state index in [0.717, 1.165) is 0 Å². The van der Waals surface area contributed by atoms with Gasteiger partial charge >= 0.3 is 5.97 Å². The van der Waals surface area contributed by atoms with Crippen LogP contribution in [0.4, 0.5) is 5.69 Å². The van der Waals surface area contributed by atoms with Crippen LogP contribution in [-0.2, 0) is 0 Å². The molecule has 0 saturated heterocycles. The lowest BCUT2D eigenvalue weighted by Crippen LogP contribution is -2.30. The first-order chi connectivity index (χ1) is 6.93. The predicted octanol–water partition coefficient (Wildman–Crippen LogP) is 0.562. The van der Waals surface area contributed by atoms with E-state index in [1.807, 2.05) is 0 Å². The van der Waals surface area contributed by atoms with E-state index < -0.39 is 11.9 Å². The molecule has 1 rings (SSSR count). The van der Waals surface area contributed by atoms with Gasteiger partial charge in [-0.05, 0) is 25.4 Å². The van der Waals surface area contributed by atoms with Crippen molar-refractivity contribution in [3.05, 3.63) is 10.6 Å². The van der Waals surface area contributed by atoms with Crippen molar-refractivity contribution in [2.75, 3.05) is 5.73 Å². The minimum absolute atomic E-state index is 0.0221. The van der Waals surface area contributed by atoms with Crippen LogP contribution in [0.25, 0.3) is 0 Å². The molecule has 0 spiro atoms. The Morgan fingerprint density at radius 1 is 1.53 bits per heavy atom. The number of rotatable bonds is 3. The van der Waals surface area contributed by atoms with Gasteiger partial charge in [0.1, 0.15) is 0 Å². The van der Waals surface area contributed by atoms with Crippen molar-refractivity contribution in [3.8, 4) is 0 Å². The number of nitrogens with one attached hydrogen (secondary N) is 1. The minimum atomic E-state index is -1.17. The fraction of sp³-hybridized carbons (Fsp3) is 0.375. The highest BCUT2D eigenvalue weighted by atomic mass is 32.1. The zero-order valence-electron chi connectivity index (χ0n) is 8.27. The fourth-order valence-electron chi connectivity index (χ4n) is 0.946. The highest BCUT2D eigenvalue weighted by Crippen LogP contribution is 2.21. The second kappa shape index (κ2) is 4.26. The van der Waals surface area contributed by atoms with Gasteiger partial charge in [-0.15, -0.1) is 0 Å². The molecular formula is C8H11N3O3S. The third kappa shape index (κ3) is 2.44. The van der Waals surface area contributed by atoms with Crippen LogP contribution in [0.5, 0.6) is 0 Å². The Morgan fingerprint density at radius 2 is 2.13 bits per heavy atom. The summed E-state index contributed by atoms with van der Waals surface area (Å²) in [7, 11) is 0. The Morgan fingerprint density at radius 3 is 2.53 bits per heavy atom. The van der Waals surface area contributed by atoms with Crippen LogP contribution in [0, 0.1) is 0 Å². The third-order valence-corrected chi connectivity index (χ3v) is 2.41. The van der Waals surface area contributed by atoms with Gasteiger partial charge in [0.2, 0.25) is 0 Å². The van der Waals surface area contributed by atoms with E-state index in [2.05, 4.69) is 9.69 Å². The number of amides is 1. The van der Waals surface area contributed by atoms with Crippen LogP contribution in [0.3, 0.4) is 0 Å². The first kappa shape index (κ1) is 11.4. The Labute approximate surface area is 90.3 Å². The van der Waals surface area contributed by atoms with E-state index in [0.29, 0.717) is 11.5 Å². The number of nitrogens with zero attached hydrogens (tertiary/aromatic N) is 1. The molecular weight excluding hydrogens is 218 g/mol. The molecule has 0 radical (unpaired) electrons. The number of carbonyl (C=O) groups excluding carboxylic acids is 1. The fourth-order valence-corrected chi connectivity index (χ4v) is 1.58. The number of aromatic carboxylic acids is 1. The highest BCUT2D eigenvalue weighted by molar-refractivity contribution is 7.08. The van der Waals surface area contributed by atoms with Gasteiger partial charge in [-0.25, -0.2) is 4.79 Å². The molecule has 82 valence electrons. The maximum absolute atomic E-state index is 11.5. The molecule has 1 aromatic rings. The smallest absolute Gasteiger partial charge is 0.349 e. The first-order valence-electron chi connectivity index (χ1n) is 4.22.